The molecule has 0 aromatic heterocycles. The molecule has 0 bridgehead atoms. The van der Waals surface area contributed by atoms with Crippen LogP contribution in [0.15, 0.2) is 24.3 Å². The molecule has 1 aliphatic rings. The van der Waals surface area contributed by atoms with Crippen LogP contribution in [-0.4, -0.2) is 26.9 Å². The van der Waals surface area contributed by atoms with Crippen molar-refractivity contribution < 1.29 is 17.6 Å². The molecule has 5 nitrogen and oxygen atoms in total. The standard InChI is InChI=1S/C12H15FN2O3S/c13-10-3-1-9(2-4-10)8-19(17,18)15-11-5-6-12(16)14-7-11/h1-4,11,15H,5-8H2,(H,14,16). The second kappa shape index (κ2) is 5.66. The van der Waals surface area contributed by atoms with E-state index in [1.54, 1.807) is 0 Å². The number of hydrogen-bond acceptors (Lipinski definition) is 3. The number of rotatable bonds is 4. The van der Waals surface area contributed by atoms with E-state index in [0.717, 1.165) is 0 Å². The lowest BCUT2D eigenvalue weighted by atomic mass is 10.1. The van der Waals surface area contributed by atoms with Crippen molar-refractivity contribution in [2.45, 2.75) is 24.6 Å². The highest BCUT2D eigenvalue weighted by molar-refractivity contribution is 7.88. The lowest BCUT2D eigenvalue weighted by Crippen LogP contribution is -2.47. The largest absolute Gasteiger partial charge is 0.355 e. The second-order valence-electron chi connectivity index (χ2n) is 4.54. The molecule has 1 aliphatic heterocycles. The first-order chi connectivity index (χ1) is 8.94. The van der Waals surface area contributed by atoms with E-state index in [1.165, 1.54) is 24.3 Å². The number of amides is 1. The van der Waals surface area contributed by atoms with Crippen molar-refractivity contribution in [3.05, 3.63) is 35.6 Å². The number of benzene rings is 1. The number of nitrogens with one attached hydrogen (secondary N) is 2. The number of piperidine rings is 1. The van der Waals surface area contributed by atoms with Crippen molar-refractivity contribution in [1.29, 1.82) is 0 Å². The topological polar surface area (TPSA) is 75.3 Å². The second-order valence-corrected chi connectivity index (χ2v) is 6.30. The number of halogens is 1. The molecule has 104 valence electrons. The number of carbonyl (C=O) groups excluding carboxylic acids is 1. The van der Waals surface area contributed by atoms with Gasteiger partial charge in [0.15, 0.2) is 0 Å². The summed E-state index contributed by atoms with van der Waals surface area (Å²) in [6, 6.07) is 5.06. The average molecular weight is 286 g/mol. The zero-order valence-corrected chi connectivity index (χ0v) is 11.0. The molecule has 2 N–H and O–H groups in total. The minimum absolute atomic E-state index is 0.0611. The maximum atomic E-state index is 12.7. The fourth-order valence-corrected chi connectivity index (χ4v) is 3.35. The molecule has 1 fully saturated rings. The molecule has 1 aromatic carbocycles. The Morgan fingerprint density at radius 1 is 1.32 bits per heavy atom. The van der Waals surface area contributed by atoms with E-state index in [9.17, 15) is 17.6 Å². The van der Waals surface area contributed by atoms with E-state index in [-0.39, 0.29) is 17.7 Å². The summed E-state index contributed by atoms with van der Waals surface area (Å²) in [6.45, 7) is 0.307. The summed E-state index contributed by atoms with van der Waals surface area (Å²) in [5, 5.41) is 2.61. The first kappa shape index (κ1) is 14.0. The quantitative estimate of drug-likeness (QED) is 0.847. The molecule has 1 aromatic rings. The number of carbonyl (C=O) groups is 1. The van der Waals surface area contributed by atoms with Gasteiger partial charge in [0.25, 0.3) is 0 Å². The normalized spacial score (nSPS) is 20.1. The van der Waals surface area contributed by atoms with Crippen LogP contribution in [0.2, 0.25) is 0 Å². The van der Waals surface area contributed by atoms with Crippen LogP contribution in [0.4, 0.5) is 4.39 Å². The molecular formula is C12H15FN2O3S. The van der Waals surface area contributed by atoms with Crippen LogP contribution in [0.25, 0.3) is 0 Å². The molecule has 1 atom stereocenters. The van der Waals surface area contributed by atoms with Crippen molar-refractivity contribution in [3.8, 4) is 0 Å². The summed E-state index contributed by atoms with van der Waals surface area (Å²) >= 11 is 0. The van der Waals surface area contributed by atoms with E-state index in [0.29, 0.717) is 24.9 Å². The summed E-state index contributed by atoms with van der Waals surface area (Å²) in [4.78, 5) is 11.0. The van der Waals surface area contributed by atoms with Crippen LogP contribution in [0.3, 0.4) is 0 Å². The Morgan fingerprint density at radius 3 is 2.58 bits per heavy atom. The van der Waals surface area contributed by atoms with Crippen LogP contribution in [0.1, 0.15) is 18.4 Å². The van der Waals surface area contributed by atoms with Crippen LogP contribution < -0.4 is 10.0 Å². The van der Waals surface area contributed by atoms with Crippen molar-refractivity contribution in [3.63, 3.8) is 0 Å². The van der Waals surface area contributed by atoms with Gasteiger partial charge in [0, 0.05) is 19.0 Å². The fourth-order valence-electron chi connectivity index (χ4n) is 1.93. The van der Waals surface area contributed by atoms with Crippen molar-refractivity contribution in [2.75, 3.05) is 6.54 Å². The van der Waals surface area contributed by atoms with Gasteiger partial charge in [0.05, 0.1) is 5.75 Å². The molecule has 0 spiro atoms. The third-order valence-corrected chi connectivity index (χ3v) is 4.29. The molecule has 1 saturated heterocycles. The molecule has 19 heavy (non-hydrogen) atoms. The Labute approximate surface area is 111 Å². The molecule has 0 radical (unpaired) electrons. The van der Waals surface area contributed by atoms with Gasteiger partial charge in [-0.2, -0.15) is 0 Å². The Kier molecular flexibility index (Phi) is 4.16. The summed E-state index contributed by atoms with van der Waals surface area (Å²) < 4.78 is 39.1. The lowest BCUT2D eigenvalue weighted by Gasteiger charge is -2.23. The summed E-state index contributed by atoms with van der Waals surface area (Å²) in [6.07, 6.45) is 0.818. The Balaban J connectivity index is 1.95. The smallest absolute Gasteiger partial charge is 0.220 e. The van der Waals surface area contributed by atoms with Crippen molar-refractivity contribution >= 4 is 15.9 Å². The van der Waals surface area contributed by atoms with Crippen LogP contribution in [-0.2, 0) is 20.6 Å². The first-order valence-corrected chi connectivity index (χ1v) is 7.61. The van der Waals surface area contributed by atoms with E-state index in [1.807, 2.05) is 0 Å². The van der Waals surface area contributed by atoms with Crippen molar-refractivity contribution in [2.24, 2.45) is 0 Å². The molecule has 7 heteroatoms. The highest BCUT2D eigenvalue weighted by Gasteiger charge is 2.23. The fraction of sp³-hybridized carbons (Fsp3) is 0.417. The maximum Gasteiger partial charge on any atom is 0.220 e. The Hall–Kier alpha value is -1.47. The van der Waals surface area contributed by atoms with Gasteiger partial charge in [-0.3, -0.25) is 4.79 Å². The summed E-state index contributed by atoms with van der Waals surface area (Å²) in [7, 11) is -3.49. The third-order valence-electron chi connectivity index (χ3n) is 2.88. The highest BCUT2D eigenvalue weighted by atomic mass is 32.2. The minimum Gasteiger partial charge on any atom is -0.355 e. The van der Waals surface area contributed by atoms with Gasteiger partial charge in [-0.25, -0.2) is 17.5 Å². The third kappa shape index (κ3) is 4.29. The van der Waals surface area contributed by atoms with E-state index < -0.39 is 15.8 Å². The molecule has 1 amide bonds. The molecule has 0 aliphatic carbocycles. The van der Waals surface area contributed by atoms with E-state index in [2.05, 4.69) is 10.0 Å². The van der Waals surface area contributed by atoms with Crippen LogP contribution in [0, 0.1) is 5.82 Å². The molecule has 0 saturated carbocycles. The monoisotopic (exact) mass is 286 g/mol. The van der Waals surface area contributed by atoms with Gasteiger partial charge in [-0.15, -0.1) is 0 Å². The Bertz CT molecular complexity index is 547. The number of sulfonamides is 1. The lowest BCUT2D eigenvalue weighted by molar-refractivity contribution is -0.122. The van der Waals surface area contributed by atoms with Gasteiger partial charge in [-0.1, -0.05) is 12.1 Å². The zero-order chi connectivity index (χ0) is 13.9. The van der Waals surface area contributed by atoms with Gasteiger partial charge < -0.3 is 5.32 Å². The molecule has 1 heterocycles. The molecular weight excluding hydrogens is 271 g/mol. The Morgan fingerprint density at radius 2 is 2.00 bits per heavy atom. The maximum absolute atomic E-state index is 12.7. The van der Waals surface area contributed by atoms with Crippen LogP contribution in [0.5, 0.6) is 0 Å². The van der Waals surface area contributed by atoms with E-state index in [4.69, 9.17) is 0 Å². The van der Waals surface area contributed by atoms with Gasteiger partial charge in [0.2, 0.25) is 15.9 Å². The predicted octanol–water partition coefficient (Wildman–Crippen LogP) is 0.524. The number of hydrogen-bond donors (Lipinski definition) is 2. The first-order valence-electron chi connectivity index (χ1n) is 5.96. The van der Waals surface area contributed by atoms with Gasteiger partial charge in [-0.05, 0) is 24.1 Å². The summed E-state index contributed by atoms with van der Waals surface area (Å²) in [5.74, 6) is -0.657. The SMILES string of the molecule is O=C1CCC(NS(=O)(=O)Cc2ccc(F)cc2)CN1. The predicted molar refractivity (Wildman–Crippen MR) is 68.2 cm³/mol. The van der Waals surface area contributed by atoms with Gasteiger partial charge in [0.1, 0.15) is 5.82 Å². The minimum atomic E-state index is -3.49. The van der Waals surface area contributed by atoms with Crippen molar-refractivity contribution in [1.82, 2.24) is 10.0 Å². The van der Waals surface area contributed by atoms with E-state index >= 15 is 0 Å². The zero-order valence-electron chi connectivity index (χ0n) is 10.2. The summed E-state index contributed by atoms with van der Waals surface area (Å²) in [5.41, 5.74) is 0.522. The van der Waals surface area contributed by atoms with Gasteiger partial charge >= 0.3 is 0 Å². The molecule has 1 unspecified atom stereocenters. The molecule has 2 rings (SSSR count). The highest BCUT2D eigenvalue weighted by Crippen LogP contribution is 2.09. The average Bonchev–Trinajstić information content (AvgIpc) is 2.34. The van der Waals surface area contributed by atoms with Crippen LogP contribution >= 0.6 is 0 Å².